The normalized spacial score (nSPS) is 14.9. The van der Waals surface area contributed by atoms with E-state index in [-0.39, 0.29) is 12.3 Å². The van der Waals surface area contributed by atoms with Crippen molar-refractivity contribution in [3.63, 3.8) is 0 Å². The highest BCUT2D eigenvalue weighted by Gasteiger charge is 2.21. The van der Waals surface area contributed by atoms with Gasteiger partial charge >= 0.3 is 0 Å². The standard InChI is InChI=1S/C15H17N5O2/c21-12-18-6-8-19(9-7-18)15(22)10-14-11-16-17-20(14)13-4-2-1-3-5-13/h1-5,11-12H,6-10H2. The van der Waals surface area contributed by atoms with Gasteiger partial charge in [-0.05, 0) is 12.1 Å². The fourth-order valence-corrected chi connectivity index (χ4v) is 2.51. The van der Waals surface area contributed by atoms with Gasteiger partial charge in [-0.1, -0.05) is 23.4 Å². The molecule has 22 heavy (non-hydrogen) atoms. The molecule has 0 radical (unpaired) electrons. The average molecular weight is 299 g/mol. The molecular formula is C15H17N5O2. The van der Waals surface area contributed by atoms with Crippen LogP contribution in [0.2, 0.25) is 0 Å². The molecule has 0 atom stereocenters. The fraction of sp³-hybridized carbons (Fsp3) is 0.333. The van der Waals surface area contributed by atoms with Gasteiger partial charge in [0, 0.05) is 26.2 Å². The SMILES string of the molecule is O=CN1CCN(C(=O)Cc2cnnn2-c2ccccc2)CC1. The number of aromatic nitrogens is 3. The van der Waals surface area contributed by atoms with Gasteiger partial charge in [0.15, 0.2) is 0 Å². The van der Waals surface area contributed by atoms with E-state index >= 15 is 0 Å². The molecule has 1 aliphatic rings. The van der Waals surface area contributed by atoms with Crippen molar-refractivity contribution < 1.29 is 9.59 Å². The third kappa shape index (κ3) is 2.98. The number of rotatable bonds is 4. The molecule has 1 aliphatic heterocycles. The highest BCUT2D eigenvalue weighted by molar-refractivity contribution is 5.78. The number of para-hydroxylation sites is 1. The van der Waals surface area contributed by atoms with Gasteiger partial charge < -0.3 is 9.80 Å². The third-order valence-electron chi connectivity index (χ3n) is 3.77. The zero-order chi connectivity index (χ0) is 15.4. The number of hydrogen-bond acceptors (Lipinski definition) is 4. The topological polar surface area (TPSA) is 71.3 Å². The van der Waals surface area contributed by atoms with Crippen LogP contribution in [-0.2, 0) is 16.0 Å². The van der Waals surface area contributed by atoms with Crippen molar-refractivity contribution in [2.45, 2.75) is 6.42 Å². The maximum atomic E-state index is 12.4. The lowest BCUT2D eigenvalue weighted by Crippen LogP contribution is -2.48. The molecule has 0 N–H and O–H groups in total. The third-order valence-corrected chi connectivity index (χ3v) is 3.77. The highest BCUT2D eigenvalue weighted by atomic mass is 16.2. The maximum Gasteiger partial charge on any atom is 0.228 e. The Bertz CT molecular complexity index is 647. The molecule has 2 aromatic rings. The second-order valence-electron chi connectivity index (χ2n) is 5.17. The first-order valence-corrected chi connectivity index (χ1v) is 7.20. The smallest absolute Gasteiger partial charge is 0.228 e. The van der Waals surface area contributed by atoms with Gasteiger partial charge in [-0.25, -0.2) is 4.68 Å². The minimum absolute atomic E-state index is 0.0324. The van der Waals surface area contributed by atoms with E-state index in [0.717, 1.165) is 17.8 Å². The molecule has 0 aliphatic carbocycles. The number of nitrogens with zero attached hydrogens (tertiary/aromatic N) is 5. The number of carbonyl (C=O) groups is 2. The predicted octanol–water partition coefficient (Wildman–Crippen LogP) is 0.110. The van der Waals surface area contributed by atoms with E-state index in [9.17, 15) is 9.59 Å². The Morgan fingerprint density at radius 2 is 1.86 bits per heavy atom. The second-order valence-corrected chi connectivity index (χ2v) is 5.17. The van der Waals surface area contributed by atoms with Gasteiger partial charge in [-0.2, -0.15) is 0 Å². The lowest BCUT2D eigenvalue weighted by atomic mass is 10.2. The number of hydrogen-bond donors (Lipinski definition) is 0. The van der Waals surface area contributed by atoms with E-state index in [1.54, 1.807) is 20.7 Å². The number of carbonyl (C=O) groups excluding carboxylic acids is 2. The van der Waals surface area contributed by atoms with E-state index in [4.69, 9.17) is 0 Å². The van der Waals surface area contributed by atoms with E-state index in [1.165, 1.54) is 0 Å². The molecule has 114 valence electrons. The van der Waals surface area contributed by atoms with E-state index < -0.39 is 0 Å². The van der Waals surface area contributed by atoms with Gasteiger partial charge in [-0.15, -0.1) is 5.10 Å². The molecule has 1 aromatic heterocycles. The molecule has 0 bridgehead atoms. The molecule has 0 saturated carbocycles. The van der Waals surface area contributed by atoms with Gasteiger partial charge in [0.1, 0.15) is 0 Å². The van der Waals surface area contributed by atoms with Crippen LogP contribution < -0.4 is 0 Å². The molecule has 7 heteroatoms. The van der Waals surface area contributed by atoms with Crippen LogP contribution in [0.1, 0.15) is 5.69 Å². The summed E-state index contributed by atoms with van der Waals surface area (Å²) in [6, 6.07) is 9.61. The second kappa shape index (κ2) is 6.38. The fourth-order valence-electron chi connectivity index (χ4n) is 2.51. The van der Waals surface area contributed by atoms with Crippen LogP contribution in [0.5, 0.6) is 0 Å². The summed E-state index contributed by atoms with van der Waals surface area (Å²) in [7, 11) is 0. The zero-order valence-electron chi connectivity index (χ0n) is 12.1. The summed E-state index contributed by atoms with van der Waals surface area (Å²) < 4.78 is 1.68. The van der Waals surface area contributed by atoms with Crippen LogP contribution in [0.3, 0.4) is 0 Å². The van der Waals surface area contributed by atoms with Crippen molar-refractivity contribution in [2.24, 2.45) is 0 Å². The van der Waals surface area contributed by atoms with E-state index in [1.807, 2.05) is 30.3 Å². The molecule has 3 rings (SSSR count). The number of benzene rings is 1. The van der Waals surface area contributed by atoms with Crippen molar-refractivity contribution >= 4 is 12.3 Å². The molecule has 0 unspecified atom stereocenters. The Balaban J connectivity index is 1.68. The minimum atomic E-state index is 0.0324. The molecule has 1 aromatic carbocycles. The van der Waals surface area contributed by atoms with E-state index in [2.05, 4.69) is 10.3 Å². The quantitative estimate of drug-likeness (QED) is 0.751. The number of piperazine rings is 1. The lowest BCUT2D eigenvalue weighted by Gasteiger charge is -2.32. The molecule has 2 heterocycles. The van der Waals surface area contributed by atoms with Gasteiger partial charge in [-0.3, -0.25) is 9.59 Å². The molecule has 2 amide bonds. The first kappa shape index (κ1) is 14.2. The Hall–Kier alpha value is -2.70. The largest absolute Gasteiger partial charge is 0.342 e. The summed E-state index contributed by atoms with van der Waals surface area (Å²) >= 11 is 0. The van der Waals surface area contributed by atoms with Crippen molar-refractivity contribution in [3.05, 3.63) is 42.2 Å². The van der Waals surface area contributed by atoms with Crippen LogP contribution >= 0.6 is 0 Å². The van der Waals surface area contributed by atoms with Crippen LogP contribution in [0.15, 0.2) is 36.5 Å². The van der Waals surface area contributed by atoms with Crippen LogP contribution in [-0.4, -0.2) is 63.3 Å². The van der Waals surface area contributed by atoms with Gasteiger partial charge in [0.25, 0.3) is 0 Å². The highest BCUT2D eigenvalue weighted by Crippen LogP contribution is 2.11. The Kier molecular flexibility index (Phi) is 4.13. The summed E-state index contributed by atoms with van der Waals surface area (Å²) in [6.07, 6.45) is 2.70. The summed E-state index contributed by atoms with van der Waals surface area (Å²) in [5.74, 6) is 0.0324. The Morgan fingerprint density at radius 3 is 2.55 bits per heavy atom. The molecule has 1 saturated heterocycles. The van der Waals surface area contributed by atoms with Crippen LogP contribution in [0, 0.1) is 0 Å². The van der Waals surface area contributed by atoms with Crippen LogP contribution in [0.25, 0.3) is 5.69 Å². The van der Waals surface area contributed by atoms with Gasteiger partial charge in [0.05, 0.1) is 24.0 Å². The molecule has 0 spiro atoms. The molecular weight excluding hydrogens is 282 g/mol. The molecule has 1 fully saturated rings. The monoisotopic (exact) mass is 299 g/mol. The van der Waals surface area contributed by atoms with Crippen molar-refractivity contribution in [2.75, 3.05) is 26.2 Å². The first-order chi connectivity index (χ1) is 10.8. The average Bonchev–Trinajstić information content (AvgIpc) is 3.04. The minimum Gasteiger partial charge on any atom is -0.342 e. The van der Waals surface area contributed by atoms with Crippen molar-refractivity contribution in [3.8, 4) is 5.69 Å². The van der Waals surface area contributed by atoms with Gasteiger partial charge in [0.2, 0.25) is 12.3 Å². The van der Waals surface area contributed by atoms with E-state index in [0.29, 0.717) is 26.2 Å². The predicted molar refractivity (Wildman–Crippen MR) is 79.3 cm³/mol. The number of amides is 2. The molecule has 7 nitrogen and oxygen atoms in total. The Morgan fingerprint density at radius 1 is 1.14 bits per heavy atom. The summed E-state index contributed by atoms with van der Waals surface area (Å²) in [5.41, 5.74) is 1.64. The van der Waals surface area contributed by atoms with Crippen molar-refractivity contribution in [1.29, 1.82) is 0 Å². The zero-order valence-corrected chi connectivity index (χ0v) is 12.1. The Labute approximate surface area is 128 Å². The van der Waals surface area contributed by atoms with Crippen molar-refractivity contribution in [1.82, 2.24) is 24.8 Å². The summed E-state index contributed by atoms with van der Waals surface area (Å²) in [4.78, 5) is 26.6. The lowest BCUT2D eigenvalue weighted by molar-refractivity contribution is -0.134. The first-order valence-electron chi connectivity index (χ1n) is 7.20. The summed E-state index contributed by atoms with van der Waals surface area (Å²) in [5, 5.41) is 7.96. The summed E-state index contributed by atoms with van der Waals surface area (Å²) in [6.45, 7) is 2.33. The maximum absolute atomic E-state index is 12.4. The van der Waals surface area contributed by atoms with Crippen LogP contribution in [0.4, 0.5) is 0 Å².